The number of thiophene rings is 1. The van der Waals surface area contributed by atoms with E-state index in [1.54, 1.807) is 11.3 Å². The minimum atomic E-state index is 0.378. The maximum atomic E-state index is 4.49. The summed E-state index contributed by atoms with van der Waals surface area (Å²) < 4.78 is 0. The molecule has 2 rings (SSSR count). The second-order valence-electron chi connectivity index (χ2n) is 4.51. The van der Waals surface area contributed by atoms with E-state index in [2.05, 4.69) is 50.1 Å². The molecule has 0 saturated heterocycles. The average Bonchev–Trinajstić information content (AvgIpc) is 2.92. The van der Waals surface area contributed by atoms with Crippen molar-refractivity contribution < 1.29 is 0 Å². The molecule has 0 aliphatic carbocycles. The SMILES string of the molecule is CCc1ccc(CNC(C)c2sc(C)nc2C)s1. The number of rotatable bonds is 5. The number of nitrogens with one attached hydrogen (secondary N) is 1. The number of thiazole rings is 1. The van der Waals surface area contributed by atoms with E-state index in [-0.39, 0.29) is 0 Å². The molecule has 1 N–H and O–H groups in total. The third-order valence-electron chi connectivity index (χ3n) is 2.98. The molecule has 98 valence electrons. The van der Waals surface area contributed by atoms with Gasteiger partial charge in [-0.1, -0.05) is 6.92 Å². The summed E-state index contributed by atoms with van der Waals surface area (Å²) in [5.74, 6) is 0. The van der Waals surface area contributed by atoms with Gasteiger partial charge in [-0.05, 0) is 39.3 Å². The third kappa shape index (κ3) is 3.19. The fraction of sp³-hybridized carbons (Fsp3) is 0.500. The average molecular weight is 280 g/mol. The van der Waals surface area contributed by atoms with Crippen LogP contribution < -0.4 is 5.32 Å². The highest BCUT2D eigenvalue weighted by atomic mass is 32.1. The Bertz CT molecular complexity index is 514. The van der Waals surface area contributed by atoms with Gasteiger partial charge in [-0.3, -0.25) is 0 Å². The van der Waals surface area contributed by atoms with Crippen LogP contribution in [0.2, 0.25) is 0 Å². The Morgan fingerprint density at radius 3 is 2.50 bits per heavy atom. The van der Waals surface area contributed by atoms with Crippen LogP contribution in [0.3, 0.4) is 0 Å². The van der Waals surface area contributed by atoms with Gasteiger partial charge in [0.05, 0.1) is 10.7 Å². The summed E-state index contributed by atoms with van der Waals surface area (Å²) in [6.45, 7) is 9.53. The van der Waals surface area contributed by atoms with Crippen molar-refractivity contribution in [1.29, 1.82) is 0 Å². The smallest absolute Gasteiger partial charge is 0.0900 e. The Morgan fingerprint density at radius 1 is 1.22 bits per heavy atom. The summed E-state index contributed by atoms with van der Waals surface area (Å²) in [5, 5.41) is 4.74. The quantitative estimate of drug-likeness (QED) is 0.886. The van der Waals surface area contributed by atoms with Crippen LogP contribution in [-0.4, -0.2) is 4.98 Å². The molecule has 0 saturated carbocycles. The summed E-state index contributed by atoms with van der Waals surface area (Å²) in [5.41, 5.74) is 1.16. The van der Waals surface area contributed by atoms with Crippen molar-refractivity contribution in [3.05, 3.63) is 37.5 Å². The van der Waals surface area contributed by atoms with E-state index in [0.29, 0.717) is 6.04 Å². The molecule has 2 heterocycles. The monoisotopic (exact) mass is 280 g/mol. The van der Waals surface area contributed by atoms with Crippen molar-refractivity contribution in [3.8, 4) is 0 Å². The lowest BCUT2D eigenvalue weighted by molar-refractivity contribution is 0.584. The minimum absolute atomic E-state index is 0.378. The van der Waals surface area contributed by atoms with Gasteiger partial charge in [0.25, 0.3) is 0 Å². The Labute approximate surface area is 117 Å². The highest BCUT2D eigenvalue weighted by Crippen LogP contribution is 2.25. The predicted molar refractivity (Wildman–Crippen MR) is 80.5 cm³/mol. The number of aryl methyl sites for hydroxylation is 3. The molecule has 0 bridgehead atoms. The summed E-state index contributed by atoms with van der Waals surface area (Å²) in [6, 6.07) is 4.84. The molecule has 4 heteroatoms. The second-order valence-corrected chi connectivity index (χ2v) is 6.99. The van der Waals surface area contributed by atoms with E-state index < -0.39 is 0 Å². The molecule has 1 unspecified atom stereocenters. The normalized spacial score (nSPS) is 12.9. The first kappa shape index (κ1) is 13.7. The van der Waals surface area contributed by atoms with Crippen molar-refractivity contribution in [1.82, 2.24) is 10.3 Å². The van der Waals surface area contributed by atoms with Gasteiger partial charge >= 0.3 is 0 Å². The van der Waals surface area contributed by atoms with Gasteiger partial charge in [0.2, 0.25) is 0 Å². The summed E-state index contributed by atoms with van der Waals surface area (Å²) >= 11 is 3.70. The molecule has 0 radical (unpaired) electrons. The van der Waals surface area contributed by atoms with E-state index in [1.807, 2.05) is 11.3 Å². The summed E-state index contributed by atoms with van der Waals surface area (Å²) in [6.07, 6.45) is 1.13. The van der Waals surface area contributed by atoms with Gasteiger partial charge in [0.15, 0.2) is 0 Å². The lowest BCUT2D eigenvalue weighted by atomic mass is 10.2. The number of hydrogen-bond donors (Lipinski definition) is 1. The molecule has 0 amide bonds. The Kier molecular flexibility index (Phi) is 4.54. The first-order valence-corrected chi connectivity index (χ1v) is 7.98. The fourth-order valence-corrected chi connectivity index (χ4v) is 3.87. The van der Waals surface area contributed by atoms with Gasteiger partial charge in [-0.15, -0.1) is 22.7 Å². The fourth-order valence-electron chi connectivity index (χ4n) is 2.00. The molecule has 2 aromatic rings. The maximum Gasteiger partial charge on any atom is 0.0900 e. The first-order chi connectivity index (χ1) is 8.60. The highest BCUT2D eigenvalue weighted by Gasteiger charge is 2.12. The van der Waals surface area contributed by atoms with Gasteiger partial charge < -0.3 is 5.32 Å². The molecule has 2 nitrogen and oxygen atoms in total. The van der Waals surface area contributed by atoms with Crippen LogP contribution in [0.5, 0.6) is 0 Å². The van der Waals surface area contributed by atoms with Crippen LogP contribution in [0.15, 0.2) is 12.1 Å². The Hall–Kier alpha value is -0.710. The second kappa shape index (κ2) is 5.95. The molecule has 2 aromatic heterocycles. The Morgan fingerprint density at radius 2 is 1.94 bits per heavy atom. The molecular formula is C14H20N2S2. The third-order valence-corrected chi connectivity index (χ3v) is 5.47. The molecule has 0 spiro atoms. The van der Waals surface area contributed by atoms with E-state index in [1.165, 1.54) is 14.6 Å². The Balaban J connectivity index is 1.95. The zero-order valence-corrected chi connectivity index (χ0v) is 13.0. The number of hydrogen-bond acceptors (Lipinski definition) is 4. The topological polar surface area (TPSA) is 24.9 Å². The van der Waals surface area contributed by atoms with Crippen molar-refractivity contribution >= 4 is 22.7 Å². The lowest BCUT2D eigenvalue weighted by Gasteiger charge is -2.11. The van der Waals surface area contributed by atoms with Crippen LogP contribution in [0.1, 0.15) is 45.2 Å². The van der Waals surface area contributed by atoms with E-state index >= 15 is 0 Å². The van der Waals surface area contributed by atoms with Crippen LogP contribution in [0.25, 0.3) is 0 Å². The predicted octanol–water partition coefficient (Wildman–Crippen LogP) is 4.23. The van der Waals surface area contributed by atoms with Gasteiger partial charge in [-0.2, -0.15) is 0 Å². The molecule has 0 fully saturated rings. The van der Waals surface area contributed by atoms with Crippen molar-refractivity contribution in [2.24, 2.45) is 0 Å². The number of nitrogens with zero attached hydrogens (tertiary/aromatic N) is 1. The van der Waals surface area contributed by atoms with Crippen LogP contribution >= 0.6 is 22.7 Å². The first-order valence-electron chi connectivity index (χ1n) is 6.35. The van der Waals surface area contributed by atoms with Crippen LogP contribution in [0, 0.1) is 13.8 Å². The molecule has 0 aliphatic heterocycles. The standard InChI is InChI=1S/C14H20N2S2/c1-5-12-6-7-13(18-12)8-15-9(2)14-10(3)16-11(4)17-14/h6-7,9,15H,5,8H2,1-4H3. The largest absolute Gasteiger partial charge is 0.304 e. The zero-order valence-electron chi connectivity index (χ0n) is 11.4. The highest BCUT2D eigenvalue weighted by molar-refractivity contribution is 7.12. The minimum Gasteiger partial charge on any atom is -0.304 e. The van der Waals surface area contributed by atoms with E-state index in [9.17, 15) is 0 Å². The van der Waals surface area contributed by atoms with Crippen LogP contribution in [-0.2, 0) is 13.0 Å². The molecule has 0 aliphatic rings. The summed E-state index contributed by atoms with van der Waals surface area (Å²) in [4.78, 5) is 8.72. The van der Waals surface area contributed by atoms with Gasteiger partial charge in [0.1, 0.15) is 0 Å². The molecule has 1 atom stereocenters. The maximum absolute atomic E-state index is 4.49. The van der Waals surface area contributed by atoms with Gasteiger partial charge in [0, 0.05) is 27.2 Å². The van der Waals surface area contributed by atoms with E-state index in [0.717, 1.165) is 23.7 Å². The van der Waals surface area contributed by atoms with Crippen LogP contribution in [0.4, 0.5) is 0 Å². The molecular weight excluding hydrogens is 260 g/mol. The van der Waals surface area contributed by atoms with Crippen molar-refractivity contribution in [3.63, 3.8) is 0 Å². The van der Waals surface area contributed by atoms with E-state index in [4.69, 9.17) is 0 Å². The number of aromatic nitrogens is 1. The lowest BCUT2D eigenvalue weighted by Crippen LogP contribution is -2.17. The summed E-state index contributed by atoms with van der Waals surface area (Å²) in [7, 11) is 0. The molecule has 0 aromatic carbocycles. The van der Waals surface area contributed by atoms with Crippen molar-refractivity contribution in [2.75, 3.05) is 0 Å². The zero-order chi connectivity index (χ0) is 13.1. The van der Waals surface area contributed by atoms with Crippen molar-refractivity contribution in [2.45, 2.75) is 46.7 Å². The molecule has 18 heavy (non-hydrogen) atoms. The van der Waals surface area contributed by atoms with Gasteiger partial charge in [-0.25, -0.2) is 4.98 Å².